The molecule has 0 saturated heterocycles. The Morgan fingerprint density at radius 2 is 1.52 bits per heavy atom. The van der Waals surface area contributed by atoms with Gasteiger partial charge in [0.15, 0.2) is 0 Å². The lowest BCUT2D eigenvalue weighted by Gasteiger charge is -2.17. The number of benzene rings is 1. The Morgan fingerprint density at radius 1 is 1.05 bits per heavy atom. The molecule has 4 nitrogen and oxygen atoms in total. The number of rotatable bonds is 5. The van der Waals surface area contributed by atoms with Crippen molar-refractivity contribution in [2.24, 2.45) is 17.8 Å². The van der Waals surface area contributed by atoms with Crippen LogP contribution < -0.4 is 0 Å². The molecule has 1 aromatic rings. The standard InChI is InChI=1S/C16H17ClO4/c1-3-20-14(18)12-11-13(15(19)21-4-2)16(11,12)9-5-7-10(17)8-6-9/h5-8,11-13H,3-4H2,1-2H3/t11?,12-,13-,16?/m0/s1. The molecule has 0 unspecified atom stereocenters. The Kier molecular flexibility index (Phi) is 3.44. The minimum absolute atomic E-state index is 0.0109. The largest absolute Gasteiger partial charge is 0.466 e. The fraction of sp³-hybridized carbons (Fsp3) is 0.500. The van der Waals surface area contributed by atoms with Crippen LogP contribution in [0.15, 0.2) is 24.3 Å². The van der Waals surface area contributed by atoms with Crippen LogP contribution in [0.25, 0.3) is 0 Å². The Balaban J connectivity index is 1.85. The van der Waals surface area contributed by atoms with Crippen molar-refractivity contribution >= 4 is 23.5 Å². The van der Waals surface area contributed by atoms with Crippen LogP contribution in [0.1, 0.15) is 19.4 Å². The molecule has 0 aromatic heterocycles. The molecule has 0 bridgehead atoms. The van der Waals surface area contributed by atoms with Crippen LogP contribution in [0.5, 0.6) is 0 Å². The first-order valence-corrected chi connectivity index (χ1v) is 7.56. The number of halogens is 1. The normalized spacial score (nSPS) is 32.0. The Labute approximate surface area is 128 Å². The van der Waals surface area contributed by atoms with E-state index in [-0.39, 0.29) is 29.7 Å². The summed E-state index contributed by atoms with van der Waals surface area (Å²) in [5, 5.41) is 0.633. The van der Waals surface area contributed by atoms with Crippen molar-refractivity contribution in [2.45, 2.75) is 19.3 Å². The lowest BCUT2D eigenvalue weighted by atomic mass is 9.90. The van der Waals surface area contributed by atoms with Gasteiger partial charge >= 0.3 is 11.9 Å². The average Bonchev–Trinajstić information content (AvgIpc) is 3.28. The molecule has 0 aliphatic heterocycles. The summed E-state index contributed by atoms with van der Waals surface area (Å²) < 4.78 is 10.2. The molecule has 0 N–H and O–H groups in total. The molecule has 3 rings (SSSR count). The molecule has 0 heterocycles. The second-order valence-corrected chi connectivity index (χ2v) is 5.86. The highest BCUT2D eigenvalue weighted by molar-refractivity contribution is 6.30. The van der Waals surface area contributed by atoms with Crippen LogP contribution in [-0.4, -0.2) is 25.2 Å². The van der Waals surface area contributed by atoms with E-state index in [0.717, 1.165) is 5.56 Å². The minimum atomic E-state index is -0.427. The first kappa shape index (κ1) is 14.4. The summed E-state index contributed by atoms with van der Waals surface area (Å²) in [5.41, 5.74) is 0.538. The summed E-state index contributed by atoms with van der Waals surface area (Å²) >= 11 is 5.91. The van der Waals surface area contributed by atoms with E-state index in [9.17, 15) is 9.59 Å². The van der Waals surface area contributed by atoms with E-state index in [1.54, 1.807) is 26.0 Å². The van der Waals surface area contributed by atoms with Gasteiger partial charge in [0.25, 0.3) is 0 Å². The molecule has 2 aliphatic carbocycles. The van der Waals surface area contributed by atoms with Gasteiger partial charge in [0.2, 0.25) is 0 Å². The van der Waals surface area contributed by atoms with Crippen LogP contribution in [0.3, 0.4) is 0 Å². The Bertz CT molecular complexity index is 554. The van der Waals surface area contributed by atoms with Crippen molar-refractivity contribution in [3.8, 4) is 0 Å². The van der Waals surface area contributed by atoms with E-state index < -0.39 is 5.41 Å². The maximum atomic E-state index is 12.0. The van der Waals surface area contributed by atoms with Gasteiger partial charge in [-0.1, -0.05) is 23.7 Å². The highest BCUT2D eigenvalue weighted by Gasteiger charge is 2.92. The van der Waals surface area contributed by atoms with Crippen LogP contribution in [0.2, 0.25) is 5.02 Å². The molecule has 2 saturated carbocycles. The highest BCUT2D eigenvalue weighted by Crippen LogP contribution is 2.84. The lowest BCUT2D eigenvalue weighted by Crippen LogP contribution is -2.28. The summed E-state index contributed by atoms with van der Waals surface area (Å²) in [7, 11) is 0. The van der Waals surface area contributed by atoms with E-state index >= 15 is 0 Å². The summed E-state index contributed by atoms with van der Waals surface area (Å²) in [5.74, 6) is -0.895. The predicted octanol–water partition coefficient (Wildman–Crippen LogP) is 2.58. The van der Waals surface area contributed by atoms with E-state index in [4.69, 9.17) is 21.1 Å². The molecule has 2 aliphatic rings. The Morgan fingerprint density at radius 3 is 1.95 bits per heavy atom. The molecule has 2 atom stereocenters. The van der Waals surface area contributed by atoms with Crippen molar-refractivity contribution in [3.05, 3.63) is 34.9 Å². The van der Waals surface area contributed by atoms with Crippen molar-refractivity contribution in [1.29, 1.82) is 0 Å². The van der Waals surface area contributed by atoms with Gasteiger partial charge in [-0.2, -0.15) is 0 Å². The van der Waals surface area contributed by atoms with Crippen LogP contribution in [0.4, 0.5) is 0 Å². The highest BCUT2D eigenvalue weighted by atomic mass is 35.5. The maximum absolute atomic E-state index is 12.0. The Hall–Kier alpha value is -1.55. The molecule has 5 heteroatoms. The smallest absolute Gasteiger partial charge is 0.310 e. The molecular formula is C16H17ClO4. The lowest BCUT2D eigenvalue weighted by molar-refractivity contribution is -0.151. The molecule has 21 heavy (non-hydrogen) atoms. The number of carbonyl (C=O) groups is 2. The average molecular weight is 309 g/mol. The molecule has 0 amide bonds. The van der Waals surface area contributed by atoms with Crippen LogP contribution >= 0.6 is 11.6 Å². The number of fused-ring (bicyclic) bond motifs is 1. The fourth-order valence-corrected chi connectivity index (χ4v) is 3.70. The summed E-state index contributed by atoms with van der Waals surface area (Å²) in [6.07, 6.45) is 0. The van der Waals surface area contributed by atoms with Crippen molar-refractivity contribution in [2.75, 3.05) is 13.2 Å². The number of carbonyl (C=O) groups excluding carboxylic acids is 2. The molecule has 0 spiro atoms. The SMILES string of the molecule is CCOC(=O)[C@@H]1C2[C@@H](C(=O)OCC)C21c1ccc(Cl)cc1. The van der Waals surface area contributed by atoms with Gasteiger partial charge < -0.3 is 9.47 Å². The number of ether oxygens (including phenoxy) is 2. The van der Waals surface area contributed by atoms with Gasteiger partial charge in [-0.05, 0) is 37.5 Å². The first-order valence-electron chi connectivity index (χ1n) is 7.18. The van der Waals surface area contributed by atoms with Gasteiger partial charge in [-0.15, -0.1) is 0 Å². The summed E-state index contributed by atoms with van der Waals surface area (Å²) in [6.45, 7) is 4.26. The number of hydrogen-bond acceptors (Lipinski definition) is 4. The maximum Gasteiger partial charge on any atom is 0.310 e. The monoisotopic (exact) mass is 308 g/mol. The van der Waals surface area contributed by atoms with Gasteiger partial charge in [0.05, 0.1) is 25.0 Å². The third-order valence-electron chi connectivity index (χ3n) is 4.51. The molecule has 0 radical (unpaired) electrons. The van der Waals surface area contributed by atoms with Gasteiger partial charge in [0.1, 0.15) is 0 Å². The second kappa shape index (κ2) is 5.02. The molecule has 1 aromatic carbocycles. The zero-order valence-corrected chi connectivity index (χ0v) is 12.7. The van der Waals surface area contributed by atoms with Crippen molar-refractivity contribution in [3.63, 3.8) is 0 Å². The van der Waals surface area contributed by atoms with E-state index in [1.165, 1.54) is 0 Å². The molecule has 2 fully saturated rings. The van der Waals surface area contributed by atoms with Gasteiger partial charge in [-0.25, -0.2) is 0 Å². The molecular weight excluding hydrogens is 292 g/mol. The van der Waals surface area contributed by atoms with Crippen molar-refractivity contribution in [1.82, 2.24) is 0 Å². The van der Waals surface area contributed by atoms with Gasteiger partial charge in [-0.3, -0.25) is 9.59 Å². The van der Waals surface area contributed by atoms with Crippen LogP contribution in [-0.2, 0) is 24.5 Å². The third-order valence-corrected chi connectivity index (χ3v) is 4.76. The quantitative estimate of drug-likeness (QED) is 0.785. The minimum Gasteiger partial charge on any atom is -0.466 e. The van der Waals surface area contributed by atoms with Crippen LogP contribution in [0, 0.1) is 17.8 Å². The number of esters is 2. The zero-order chi connectivity index (χ0) is 15.2. The number of hydrogen-bond donors (Lipinski definition) is 0. The first-order chi connectivity index (χ1) is 10.1. The fourth-order valence-electron chi connectivity index (χ4n) is 3.57. The van der Waals surface area contributed by atoms with E-state index in [1.807, 2.05) is 12.1 Å². The van der Waals surface area contributed by atoms with Crippen molar-refractivity contribution < 1.29 is 19.1 Å². The molecule has 112 valence electrons. The predicted molar refractivity (Wildman–Crippen MR) is 76.9 cm³/mol. The van der Waals surface area contributed by atoms with E-state index in [2.05, 4.69) is 0 Å². The second-order valence-electron chi connectivity index (χ2n) is 5.43. The van der Waals surface area contributed by atoms with E-state index in [0.29, 0.717) is 18.2 Å². The summed E-state index contributed by atoms with van der Waals surface area (Å²) in [4.78, 5) is 24.0. The zero-order valence-electron chi connectivity index (χ0n) is 12.0. The van der Waals surface area contributed by atoms with Gasteiger partial charge in [0, 0.05) is 10.4 Å². The summed E-state index contributed by atoms with van der Waals surface area (Å²) in [6, 6.07) is 7.33. The topological polar surface area (TPSA) is 52.6 Å². The third kappa shape index (κ3) is 1.96.